The molecule has 0 radical (unpaired) electrons. The van der Waals surface area contributed by atoms with Crippen LogP contribution in [-0.2, 0) is 27.6 Å². The molecule has 1 aliphatic rings. The highest BCUT2D eigenvalue weighted by molar-refractivity contribution is 7.88. The minimum Gasteiger partial charge on any atom is -0.326 e. The summed E-state index contributed by atoms with van der Waals surface area (Å²) in [7, 11) is -1.69. The number of aryl methyl sites for hydroxylation is 2. The third-order valence-corrected chi connectivity index (χ3v) is 5.83. The molecule has 1 aliphatic carbocycles. The van der Waals surface area contributed by atoms with Crippen LogP contribution in [0.5, 0.6) is 0 Å². The minimum atomic E-state index is -3.59. The molecule has 27 heavy (non-hydrogen) atoms. The summed E-state index contributed by atoms with van der Waals surface area (Å²) in [5, 5.41) is 16.3. The predicted octanol–water partition coefficient (Wildman–Crippen LogP) is 1.82. The van der Waals surface area contributed by atoms with E-state index in [2.05, 4.69) is 15.5 Å². The molecule has 0 unspecified atom stereocenters. The monoisotopic (exact) mass is 391 g/mol. The SMILES string of the molecule is Cc1cc(CS(N)(=O)=O)ccc1NC(=O)[C@@H]1CCCC[C@@H]1c1nncn1C. The van der Waals surface area contributed by atoms with E-state index in [1.54, 1.807) is 24.5 Å². The van der Waals surface area contributed by atoms with Crippen molar-refractivity contribution in [2.24, 2.45) is 18.1 Å². The first kappa shape index (κ1) is 19.5. The number of benzene rings is 1. The number of rotatable bonds is 5. The topological polar surface area (TPSA) is 120 Å². The van der Waals surface area contributed by atoms with Gasteiger partial charge < -0.3 is 9.88 Å². The standard InChI is InChI=1S/C18H25N5O3S/c1-12-9-13(10-27(19,25)26)7-8-16(12)21-18(24)15-6-4-3-5-14(15)17-22-20-11-23(17)2/h7-9,11,14-15H,3-6,10H2,1-2H3,(H,21,24)(H2,19,25,26)/t14-,15+/m0/s1. The largest absolute Gasteiger partial charge is 0.326 e. The van der Waals surface area contributed by atoms with E-state index in [9.17, 15) is 13.2 Å². The van der Waals surface area contributed by atoms with Gasteiger partial charge in [0, 0.05) is 24.6 Å². The fourth-order valence-electron chi connectivity index (χ4n) is 3.80. The molecule has 2 atom stereocenters. The lowest BCUT2D eigenvalue weighted by Gasteiger charge is -2.30. The second-order valence-electron chi connectivity index (χ2n) is 7.24. The summed E-state index contributed by atoms with van der Waals surface area (Å²) in [6, 6.07) is 5.14. The molecule has 0 spiro atoms. The molecular formula is C18H25N5O3S. The van der Waals surface area contributed by atoms with Crippen LogP contribution in [0.1, 0.15) is 48.6 Å². The molecule has 3 rings (SSSR count). The highest BCUT2D eigenvalue weighted by atomic mass is 32.2. The van der Waals surface area contributed by atoms with Crippen molar-refractivity contribution in [2.75, 3.05) is 5.32 Å². The van der Waals surface area contributed by atoms with Crippen LogP contribution >= 0.6 is 0 Å². The van der Waals surface area contributed by atoms with Crippen molar-refractivity contribution in [3.63, 3.8) is 0 Å². The zero-order valence-corrected chi connectivity index (χ0v) is 16.4. The Morgan fingerprint density at radius 1 is 1.33 bits per heavy atom. The highest BCUT2D eigenvalue weighted by Gasteiger charge is 2.34. The summed E-state index contributed by atoms with van der Waals surface area (Å²) < 4.78 is 24.4. The van der Waals surface area contributed by atoms with E-state index in [0.29, 0.717) is 11.3 Å². The number of amides is 1. The quantitative estimate of drug-likeness (QED) is 0.805. The van der Waals surface area contributed by atoms with Crippen LogP contribution in [0.4, 0.5) is 5.69 Å². The van der Waals surface area contributed by atoms with E-state index in [1.807, 2.05) is 18.5 Å². The third kappa shape index (κ3) is 4.72. The number of nitrogens with two attached hydrogens (primary N) is 1. The lowest BCUT2D eigenvalue weighted by molar-refractivity contribution is -0.121. The number of carbonyl (C=O) groups is 1. The zero-order chi connectivity index (χ0) is 19.6. The number of aromatic nitrogens is 3. The highest BCUT2D eigenvalue weighted by Crippen LogP contribution is 2.37. The second-order valence-corrected chi connectivity index (χ2v) is 8.86. The molecule has 146 valence electrons. The van der Waals surface area contributed by atoms with Gasteiger partial charge in [-0.25, -0.2) is 13.6 Å². The first-order valence-corrected chi connectivity index (χ1v) is 10.7. The Morgan fingerprint density at radius 3 is 2.70 bits per heavy atom. The Bertz CT molecular complexity index is 938. The first-order valence-electron chi connectivity index (χ1n) is 8.99. The van der Waals surface area contributed by atoms with E-state index in [-0.39, 0.29) is 23.5 Å². The van der Waals surface area contributed by atoms with Gasteiger partial charge in [-0.3, -0.25) is 4.79 Å². The van der Waals surface area contributed by atoms with Gasteiger partial charge in [-0.05, 0) is 37.0 Å². The Labute approximate surface area is 159 Å². The molecule has 2 aromatic rings. The molecule has 1 amide bonds. The van der Waals surface area contributed by atoms with Gasteiger partial charge >= 0.3 is 0 Å². The predicted molar refractivity (Wildman–Crippen MR) is 102 cm³/mol. The van der Waals surface area contributed by atoms with Gasteiger partial charge in [0.15, 0.2) is 0 Å². The van der Waals surface area contributed by atoms with E-state index < -0.39 is 10.0 Å². The van der Waals surface area contributed by atoms with E-state index in [1.165, 1.54) is 0 Å². The maximum absolute atomic E-state index is 13.0. The van der Waals surface area contributed by atoms with Crippen LogP contribution in [0.15, 0.2) is 24.5 Å². The van der Waals surface area contributed by atoms with Crippen molar-refractivity contribution in [3.8, 4) is 0 Å². The maximum atomic E-state index is 13.0. The van der Waals surface area contributed by atoms with Crippen molar-refractivity contribution in [1.82, 2.24) is 14.8 Å². The van der Waals surface area contributed by atoms with Crippen LogP contribution in [0.25, 0.3) is 0 Å². The Balaban J connectivity index is 1.76. The molecule has 3 N–H and O–H groups in total. The fraction of sp³-hybridized carbons (Fsp3) is 0.500. The van der Waals surface area contributed by atoms with E-state index in [4.69, 9.17) is 5.14 Å². The first-order chi connectivity index (χ1) is 12.7. The van der Waals surface area contributed by atoms with Crippen molar-refractivity contribution < 1.29 is 13.2 Å². The number of nitrogens with one attached hydrogen (secondary N) is 1. The fourth-order valence-corrected chi connectivity index (χ4v) is 4.44. The molecule has 1 aromatic heterocycles. The van der Waals surface area contributed by atoms with Crippen LogP contribution in [-0.4, -0.2) is 29.1 Å². The lowest BCUT2D eigenvalue weighted by atomic mass is 9.78. The normalized spacial score (nSPS) is 20.4. The summed E-state index contributed by atoms with van der Waals surface area (Å²) >= 11 is 0. The second kappa shape index (κ2) is 7.77. The van der Waals surface area contributed by atoms with Crippen molar-refractivity contribution in [1.29, 1.82) is 0 Å². The van der Waals surface area contributed by atoms with Gasteiger partial charge in [-0.1, -0.05) is 25.0 Å². The van der Waals surface area contributed by atoms with Crippen LogP contribution in [0.2, 0.25) is 0 Å². The Morgan fingerprint density at radius 2 is 2.07 bits per heavy atom. The minimum absolute atomic E-state index is 0.0370. The van der Waals surface area contributed by atoms with Crippen LogP contribution in [0.3, 0.4) is 0 Å². The molecule has 0 bridgehead atoms. The molecule has 9 heteroatoms. The number of primary sulfonamides is 1. The number of hydrogen-bond donors (Lipinski definition) is 2. The lowest BCUT2D eigenvalue weighted by Crippen LogP contribution is -2.32. The summed E-state index contributed by atoms with van der Waals surface area (Å²) in [4.78, 5) is 13.0. The van der Waals surface area contributed by atoms with E-state index in [0.717, 1.165) is 37.1 Å². The Kier molecular flexibility index (Phi) is 5.61. The molecule has 0 aliphatic heterocycles. The maximum Gasteiger partial charge on any atom is 0.228 e. The number of carbonyl (C=O) groups excluding carboxylic acids is 1. The van der Waals surface area contributed by atoms with Crippen LogP contribution in [0, 0.1) is 12.8 Å². The number of anilines is 1. The van der Waals surface area contributed by atoms with Gasteiger partial charge in [0.1, 0.15) is 12.2 Å². The molecule has 1 heterocycles. The molecule has 1 saturated carbocycles. The number of nitrogens with zero attached hydrogens (tertiary/aromatic N) is 3. The van der Waals surface area contributed by atoms with Gasteiger partial charge in [0.05, 0.1) is 5.75 Å². The summed E-state index contributed by atoms with van der Waals surface area (Å²) in [5.41, 5.74) is 2.08. The van der Waals surface area contributed by atoms with Crippen molar-refractivity contribution in [2.45, 2.75) is 44.3 Å². The zero-order valence-electron chi connectivity index (χ0n) is 15.6. The molecule has 8 nitrogen and oxygen atoms in total. The summed E-state index contributed by atoms with van der Waals surface area (Å²) in [5.74, 6) is 0.470. The van der Waals surface area contributed by atoms with Gasteiger partial charge in [0.2, 0.25) is 15.9 Å². The molecular weight excluding hydrogens is 366 g/mol. The third-order valence-electron chi connectivity index (χ3n) is 5.10. The van der Waals surface area contributed by atoms with Crippen molar-refractivity contribution in [3.05, 3.63) is 41.5 Å². The van der Waals surface area contributed by atoms with E-state index >= 15 is 0 Å². The van der Waals surface area contributed by atoms with Gasteiger partial charge in [-0.2, -0.15) is 0 Å². The molecule has 1 aromatic carbocycles. The van der Waals surface area contributed by atoms with Crippen LogP contribution < -0.4 is 10.5 Å². The smallest absolute Gasteiger partial charge is 0.228 e. The summed E-state index contributed by atoms with van der Waals surface area (Å²) in [6.07, 6.45) is 5.47. The number of sulfonamides is 1. The molecule has 0 saturated heterocycles. The van der Waals surface area contributed by atoms with Crippen molar-refractivity contribution >= 4 is 21.6 Å². The molecule has 1 fully saturated rings. The average Bonchev–Trinajstić information content (AvgIpc) is 3.02. The number of hydrogen-bond acceptors (Lipinski definition) is 5. The summed E-state index contributed by atoms with van der Waals surface area (Å²) in [6.45, 7) is 1.84. The van der Waals surface area contributed by atoms with Gasteiger partial charge in [0.25, 0.3) is 0 Å². The average molecular weight is 391 g/mol. The van der Waals surface area contributed by atoms with Gasteiger partial charge in [-0.15, -0.1) is 10.2 Å². The Hall–Kier alpha value is -2.26.